The van der Waals surface area contributed by atoms with Gasteiger partial charge in [-0.2, -0.15) is 0 Å². The molecular formula is C33H31ClN2O3. The van der Waals surface area contributed by atoms with Gasteiger partial charge in [0.2, 0.25) is 0 Å². The lowest BCUT2D eigenvalue weighted by molar-refractivity contribution is -0.119. The molecule has 3 aromatic carbocycles. The molecule has 0 fully saturated rings. The maximum atomic E-state index is 13.7. The van der Waals surface area contributed by atoms with Crippen LogP contribution in [0.3, 0.4) is 0 Å². The third-order valence-electron chi connectivity index (χ3n) is 7.22. The first kappa shape index (κ1) is 26.6. The lowest BCUT2D eigenvalue weighted by Gasteiger charge is -2.36. The van der Waals surface area contributed by atoms with Crippen molar-refractivity contribution < 1.29 is 14.3 Å². The van der Waals surface area contributed by atoms with Crippen molar-refractivity contribution in [2.45, 2.75) is 33.6 Å². The quantitative estimate of drug-likeness (QED) is 0.263. The first-order valence-corrected chi connectivity index (χ1v) is 13.5. The zero-order valence-electron chi connectivity index (χ0n) is 22.3. The Bertz CT molecular complexity index is 1570. The first-order chi connectivity index (χ1) is 18.7. The van der Waals surface area contributed by atoms with E-state index in [-0.39, 0.29) is 17.9 Å². The van der Waals surface area contributed by atoms with E-state index >= 15 is 0 Å². The van der Waals surface area contributed by atoms with Crippen LogP contribution >= 0.6 is 11.6 Å². The summed E-state index contributed by atoms with van der Waals surface area (Å²) < 4.78 is 5.61. The summed E-state index contributed by atoms with van der Waals surface area (Å²) in [6.07, 6.45) is 3.62. The predicted molar refractivity (Wildman–Crippen MR) is 158 cm³/mol. The molecule has 1 amide bonds. The highest BCUT2D eigenvalue weighted by Gasteiger charge is 2.35. The largest absolute Gasteiger partial charge is 0.452 e. The molecule has 1 aliphatic carbocycles. The van der Waals surface area contributed by atoms with Crippen molar-refractivity contribution >= 4 is 51.7 Å². The van der Waals surface area contributed by atoms with Crippen molar-refractivity contribution in [3.63, 3.8) is 0 Å². The van der Waals surface area contributed by atoms with Gasteiger partial charge >= 0.3 is 5.97 Å². The van der Waals surface area contributed by atoms with E-state index in [1.807, 2.05) is 66.7 Å². The minimum atomic E-state index is -0.523. The van der Waals surface area contributed by atoms with Gasteiger partial charge in [-0.1, -0.05) is 80.9 Å². The van der Waals surface area contributed by atoms with Gasteiger partial charge in [0.05, 0.1) is 16.8 Å². The van der Waals surface area contributed by atoms with Crippen LogP contribution in [-0.4, -0.2) is 23.5 Å². The summed E-state index contributed by atoms with van der Waals surface area (Å²) in [5.74, 6) is -0.646. The maximum Gasteiger partial charge on any atom is 0.339 e. The summed E-state index contributed by atoms with van der Waals surface area (Å²) in [5.41, 5.74) is 5.53. The lowest BCUT2D eigenvalue weighted by Crippen LogP contribution is -2.29. The molecule has 1 aromatic heterocycles. The lowest BCUT2D eigenvalue weighted by atomic mass is 9.69. The minimum absolute atomic E-state index is 0.00645. The van der Waals surface area contributed by atoms with Gasteiger partial charge in [-0.05, 0) is 77.3 Å². The maximum absolute atomic E-state index is 13.7. The fourth-order valence-electron chi connectivity index (χ4n) is 5.09. The van der Waals surface area contributed by atoms with E-state index < -0.39 is 11.9 Å². The molecule has 0 saturated carbocycles. The number of aromatic nitrogens is 1. The van der Waals surface area contributed by atoms with Crippen LogP contribution in [0.25, 0.3) is 22.6 Å². The van der Waals surface area contributed by atoms with Crippen molar-refractivity contribution in [1.82, 2.24) is 4.98 Å². The summed E-state index contributed by atoms with van der Waals surface area (Å²) in [5, 5.41) is 4.15. The van der Waals surface area contributed by atoms with Gasteiger partial charge in [0.1, 0.15) is 0 Å². The van der Waals surface area contributed by atoms with E-state index in [1.54, 1.807) is 12.1 Å². The van der Waals surface area contributed by atoms with Crippen molar-refractivity contribution in [3.05, 3.63) is 106 Å². The van der Waals surface area contributed by atoms with E-state index in [0.717, 1.165) is 34.2 Å². The number of anilines is 1. The number of nitrogens with zero attached hydrogens (tertiary/aromatic N) is 1. The monoisotopic (exact) mass is 538 g/mol. The van der Waals surface area contributed by atoms with Crippen LogP contribution in [0.1, 0.15) is 54.4 Å². The molecule has 4 aromatic rings. The zero-order chi connectivity index (χ0) is 27.6. The number of hydrogen-bond acceptors (Lipinski definition) is 4. The van der Waals surface area contributed by atoms with Crippen molar-refractivity contribution in [3.8, 4) is 0 Å². The average Bonchev–Trinajstić information content (AvgIpc) is 2.90. The first-order valence-electron chi connectivity index (χ1n) is 13.1. The number of amides is 1. The summed E-state index contributed by atoms with van der Waals surface area (Å²) in [7, 11) is 0. The van der Waals surface area contributed by atoms with Crippen LogP contribution in [0, 0.1) is 11.3 Å². The predicted octanol–water partition coefficient (Wildman–Crippen LogP) is 7.83. The summed E-state index contributed by atoms with van der Waals surface area (Å²) in [6.45, 7) is 6.28. The number of pyridine rings is 1. The second-order valence-electron chi connectivity index (χ2n) is 11.0. The van der Waals surface area contributed by atoms with Crippen LogP contribution in [0.4, 0.5) is 5.69 Å². The molecule has 1 atom stereocenters. The normalized spacial score (nSPS) is 16.1. The van der Waals surface area contributed by atoms with E-state index in [1.165, 1.54) is 0 Å². The molecule has 1 heterocycles. The number of allylic oxidation sites excluding steroid dienone is 1. The molecule has 6 heteroatoms. The summed E-state index contributed by atoms with van der Waals surface area (Å²) in [6, 6.07) is 24.4. The Kier molecular flexibility index (Phi) is 7.53. The van der Waals surface area contributed by atoms with Gasteiger partial charge in [-0.25, -0.2) is 9.78 Å². The highest BCUT2D eigenvalue weighted by molar-refractivity contribution is 6.30. The Morgan fingerprint density at radius 3 is 2.49 bits per heavy atom. The Hall–Kier alpha value is -3.96. The van der Waals surface area contributed by atoms with Crippen LogP contribution in [0.5, 0.6) is 0 Å². The molecule has 1 aliphatic rings. The Morgan fingerprint density at radius 1 is 1.00 bits per heavy atom. The molecule has 39 heavy (non-hydrogen) atoms. The fraction of sp³-hybridized carbons (Fsp3) is 0.242. The molecule has 198 valence electrons. The van der Waals surface area contributed by atoms with Crippen molar-refractivity contribution in [2.24, 2.45) is 11.3 Å². The standard InChI is InChI=1S/C33H31ClN2O3/c1-33(2,3)23-18-22(16-21-10-9-11-24(34)17-21)31-27(19-23)30(26-14-7-8-15-28(26)36-31)32(38)39-20-29(37)35-25-12-5-4-6-13-25/h4-17,23H,18-20H2,1-3H3,(H,35,37)/b22-16+/t23-/m1/s1. The topological polar surface area (TPSA) is 68.3 Å². The van der Waals surface area contributed by atoms with Gasteiger partial charge in [-0.15, -0.1) is 0 Å². The SMILES string of the molecule is CC(C)(C)[C@@H]1C/C(=C\c2cccc(Cl)c2)c2nc3ccccc3c(C(=O)OCC(=O)Nc3ccccc3)c2C1. The molecule has 0 saturated heterocycles. The van der Waals surface area contributed by atoms with Gasteiger partial charge < -0.3 is 10.1 Å². The van der Waals surface area contributed by atoms with E-state index in [2.05, 4.69) is 32.2 Å². The van der Waals surface area contributed by atoms with Crippen molar-refractivity contribution in [2.75, 3.05) is 11.9 Å². The Morgan fingerprint density at radius 2 is 1.74 bits per heavy atom. The smallest absolute Gasteiger partial charge is 0.339 e. The summed E-state index contributed by atoms with van der Waals surface area (Å²) >= 11 is 6.28. The highest BCUT2D eigenvalue weighted by atomic mass is 35.5. The Labute approximate surface area is 233 Å². The van der Waals surface area contributed by atoms with E-state index in [9.17, 15) is 9.59 Å². The number of carbonyl (C=O) groups excluding carboxylic acids is 2. The number of para-hydroxylation sites is 2. The molecular weight excluding hydrogens is 508 g/mol. The molecule has 5 rings (SSSR count). The van der Waals surface area contributed by atoms with Crippen molar-refractivity contribution in [1.29, 1.82) is 0 Å². The molecule has 0 bridgehead atoms. The fourth-order valence-corrected chi connectivity index (χ4v) is 5.29. The second kappa shape index (κ2) is 11.0. The third kappa shape index (κ3) is 6.04. The molecule has 0 radical (unpaired) electrons. The number of carbonyl (C=O) groups is 2. The van der Waals surface area contributed by atoms with E-state index in [4.69, 9.17) is 21.3 Å². The van der Waals surface area contributed by atoms with Gasteiger partial charge in [0.25, 0.3) is 5.91 Å². The van der Waals surface area contributed by atoms with Gasteiger partial charge in [0.15, 0.2) is 6.61 Å². The van der Waals surface area contributed by atoms with E-state index in [0.29, 0.717) is 28.2 Å². The third-order valence-corrected chi connectivity index (χ3v) is 7.46. The molecule has 1 N–H and O–H groups in total. The highest BCUT2D eigenvalue weighted by Crippen LogP contribution is 2.45. The van der Waals surface area contributed by atoms with Crippen LogP contribution in [-0.2, 0) is 16.0 Å². The number of nitrogens with one attached hydrogen (secondary N) is 1. The summed E-state index contributed by atoms with van der Waals surface area (Å²) in [4.78, 5) is 31.3. The Balaban J connectivity index is 1.56. The number of ether oxygens (including phenoxy) is 1. The molecule has 5 nitrogen and oxygen atoms in total. The van der Waals surface area contributed by atoms with Crippen LogP contribution in [0.2, 0.25) is 5.02 Å². The molecule has 0 unspecified atom stereocenters. The second-order valence-corrected chi connectivity index (χ2v) is 11.5. The minimum Gasteiger partial charge on any atom is -0.452 e. The number of hydrogen-bond donors (Lipinski definition) is 1. The number of halogens is 1. The van der Waals surface area contributed by atoms with Gasteiger partial charge in [0, 0.05) is 16.1 Å². The number of benzene rings is 3. The zero-order valence-corrected chi connectivity index (χ0v) is 23.1. The average molecular weight is 539 g/mol. The number of rotatable bonds is 5. The van der Waals surface area contributed by atoms with Crippen LogP contribution in [0.15, 0.2) is 78.9 Å². The van der Waals surface area contributed by atoms with Crippen LogP contribution < -0.4 is 5.32 Å². The molecule has 0 spiro atoms. The molecule has 0 aliphatic heterocycles. The van der Waals surface area contributed by atoms with Gasteiger partial charge in [-0.3, -0.25) is 4.79 Å². The number of fused-ring (bicyclic) bond motifs is 2. The number of esters is 1.